The lowest BCUT2D eigenvalue weighted by Gasteiger charge is -2.50. The number of nitrogens with zero attached hydrogens (tertiary/aromatic N) is 1. The van der Waals surface area contributed by atoms with Gasteiger partial charge in [-0.05, 0) is 18.1 Å². The number of nitrogens with one attached hydrogen (secondary N) is 1. The number of fused-ring (bicyclic) bond motifs is 5. The topological polar surface area (TPSA) is 74.8 Å². The highest BCUT2D eigenvalue weighted by molar-refractivity contribution is 5.92. The van der Waals surface area contributed by atoms with Crippen molar-refractivity contribution in [3.05, 3.63) is 48.2 Å². The standard InChI is InChI=1S/C20H22N2O4/c1-3-18-8-9-22-10-14-13-6-4-5-7-15(13)21-16(14)19(12-26-18,17(23)25-2)20(18,24)11-22/h3-7,21,24H,1,8-12H2,2H3. The minimum Gasteiger partial charge on any atom is -0.468 e. The van der Waals surface area contributed by atoms with Gasteiger partial charge in [0.1, 0.15) is 11.2 Å². The molecular weight excluding hydrogens is 332 g/mol. The number of carbonyl (C=O) groups excluding carboxylic acids is 1. The molecule has 4 atom stereocenters. The Labute approximate surface area is 151 Å². The van der Waals surface area contributed by atoms with Gasteiger partial charge in [-0.25, -0.2) is 0 Å². The zero-order valence-electron chi connectivity index (χ0n) is 14.7. The van der Waals surface area contributed by atoms with Crippen LogP contribution in [0, 0.1) is 0 Å². The van der Waals surface area contributed by atoms with Crippen LogP contribution in [0.4, 0.5) is 0 Å². The van der Waals surface area contributed by atoms with Gasteiger partial charge in [0.05, 0.1) is 13.7 Å². The number of H-pyrrole nitrogens is 1. The molecule has 2 fully saturated rings. The summed E-state index contributed by atoms with van der Waals surface area (Å²) in [6, 6.07) is 7.98. The van der Waals surface area contributed by atoms with Gasteiger partial charge in [0.2, 0.25) is 0 Å². The van der Waals surface area contributed by atoms with Gasteiger partial charge in [0.25, 0.3) is 0 Å². The maximum absolute atomic E-state index is 13.2. The first-order valence-corrected chi connectivity index (χ1v) is 8.92. The Hall–Kier alpha value is -2.15. The Morgan fingerprint density at radius 2 is 2.27 bits per heavy atom. The van der Waals surface area contributed by atoms with Crippen LogP contribution in [-0.4, -0.2) is 59.0 Å². The Balaban J connectivity index is 1.89. The molecule has 0 aliphatic carbocycles. The van der Waals surface area contributed by atoms with E-state index in [0.717, 1.165) is 23.0 Å². The molecule has 4 unspecified atom stereocenters. The third-order valence-electron chi connectivity index (χ3n) is 6.69. The van der Waals surface area contributed by atoms with Crippen LogP contribution in [0.2, 0.25) is 0 Å². The summed E-state index contributed by atoms with van der Waals surface area (Å²) in [6.45, 7) is 5.77. The van der Waals surface area contributed by atoms with Crippen molar-refractivity contribution in [1.82, 2.24) is 9.88 Å². The summed E-state index contributed by atoms with van der Waals surface area (Å²) in [5.74, 6) is -0.472. The minimum absolute atomic E-state index is 0.0653. The van der Waals surface area contributed by atoms with Crippen molar-refractivity contribution in [2.45, 2.75) is 29.6 Å². The third kappa shape index (κ3) is 1.57. The Kier molecular flexibility index (Phi) is 3.07. The van der Waals surface area contributed by atoms with E-state index in [1.807, 2.05) is 24.3 Å². The Bertz CT molecular complexity index is 937. The first kappa shape index (κ1) is 16.1. The number of hydrogen-bond donors (Lipinski definition) is 2. The summed E-state index contributed by atoms with van der Waals surface area (Å²) >= 11 is 0. The molecule has 2 bridgehead atoms. The molecule has 3 aliphatic heterocycles. The molecule has 6 heteroatoms. The Morgan fingerprint density at radius 1 is 1.46 bits per heavy atom. The molecule has 2 aromatic rings. The molecule has 4 heterocycles. The molecular formula is C20H22N2O4. The normalized spacial score (nSPS) is 37.8. The van der Waals surface area contributed by atoms with E-state index in [-0.39, 0.29) is 6.61 Å². The summed E-state index contributed by atoms with van der Waals surface area (Å²) in [6.07, 6.45) is 2.26. The van der Waals surface area contributed by atoms with Crippen LogP contribution in [0.5, 0.6) is 0 Å². The number of ether oxygens (including phenoxy) is 2. The summed E-state index contributed by atoms with van der Waals surface area (Å²) in [5.41, 5.74) is -1.02. The van der Waals surface area contributed by atoms with E-state index in [1.165, 1.54) is 7.11 Å². The van der Waals surface area contributed by atoms with Crippen molar-refractivity contribution in [3.8, 4) is 0 Å². The van der Waals surface area contributed by atoms with Gasteiger partial charge in [-0.15, -0.1) is 6.58 Å². The van der Waals surface area contributed by atoms with E-state index < -0.39 is 22.6 Å². The summed E-state index contributed by atoms with van der Waals surface area (Å²) < 4.78 is 11.4. The third-order valence-corrected chi connectivity index (χ3v) is 6.69. The van der Waals surface area contributed by atoms with Crippen molar-refractivity contribution in [3.63, 3.8) is 0 Å². The van der Waals surface area contributed by atoms with Crippen LogP contribution in [-0.2, 0) is 26.2 Å². The summed E-state index contributed by atoms with van der Waals surface area (Å²) in [5, 5.41) is 13.1. The van der Waals surface area contributed by atoms with Crippen LogP contribution in [0.3, 0.4) is 0 Å². The van der Waals surface area contributed by atoms with E-state index >= 15 is 0 Å². The number of methoxy groups -OCH3 is 1. The van der Waals surface area contributed by atoms with Crippen LogP contribution >= 0.6 is 0 Å². The summed E-state index contributed by atoms with van der Waals surface area (Å²) in [4.78, 5) is 18.8. The maximum atomic E-state index is 13.2. The predicted octanol–water partition coefficient (Wildman–Crippen LogP) is 1.48. The maximum Gasteiger partial charge on any atom is 0.323 e. The van der Waals surface area contributed by atoms with E-state index in [2.05, 4.69) is 16.5 Å². The smallest absolute Gasteiger partial charge is 0.323 e. The number of aromatic amines is 1. The molecule has 2 saturated heterocycles. The van der Waals surface area contributed by atoms with Gasteiger partial charge in [-0.2, -0.15) is 0 Å². The second-order valence-corrected chi connectivity index (χ2v) is 7.62. The van der Waals surface area contributed by atoms with E-state index in [4.69, 9.17) is 9.47 Å². The monoisotopic (exact) mass is 354 g/mol. The first-order valence-electron chi connectivity index (χ1n) is 8.92. The molecule has 6 nitrogen and oxygen atoms in total. The lowest BCUT2D eigenvalue weighted by molar-refractivity contribution is -0.172. The zero-order valence-corrected chi connectivity index (χ0v) is 14.7. The van der Waals surface area contributed by atoms with Crippen molar-refractivity contribution >= 4 is 16.9 Å². The molecule has 2 N–H and O–H groups in total. The number of carbonyl (C=O) groups is 1. The lowest BCUT2D eigenvalue weighted by Crippen LogP contribution is -2.70. The van der Waals surface area contributed by atoms with Gasteiger partial charge >= 0.3 is 5.97 Å². The zero-order chi connectivity index (χ0) is 18.2. The molecule has 0 spiro atoms. The number of hydrogen-bond acceptors (Lipinski definition) is 5. The van der Waals surface area contributed by atoms with Crippen LogP contribution in [0.1, 0.15) is 17.7 Å². The fourth-order valence-electron chi connectivity index (χ4n) is 5.31. The molecule has 1 aromatic heterocycles. The molecule has 5 rings (SSSR count). The van der Waals surface area contributed by atoms with Gasteiger partial charge in [-0.3, -0.25) is 9.69 Å². The highest BCUT2D eigenvalue weighted by atomic mass is 16.6. The molecule has 136 valence electrons. The largest absolute Gasteiger partial charge is 0.468 e. The predicted molar refractivity (Wildman–Crippen MR) is 95.7 cm³/mol. The molecule has 0 amide bonds. The van der Waals surface area contributed by atoms with Gasteiger partial charge < -0.3 is 19.6 Å². The highest BCUT2D eigenvalue weighted by Gasteiger charge is 2.75. The summed E-state index contributed by atoms with van der Waals surface area (Å²) in [7, 11) is 1.36. The molecule has 1 aromatic carbocycles. The fraction of sp³-hybridized carbons (Fsp3) is 0.450. The average molecular weight is 354 g/mol. The van der Waals surface area contributed by atoms with E-state index in [1.54, 1.807) is 6.08 Å². The van der Waals surface area contributed by atoms with Gasteiger partial charge in [-0.1, -0.05) is 24.3 Å². The number of rotatable bonds is 2. The van der Waals surface area contributed by atoms with Crippen molar-refractivity contribution < 1.29 is 19.4 Å². The van der Waals surface area contributed by atoms with Crippen molar-refractivity contribution in [2.75, 3.05) is 26.8 Å². The quantitative estimate of drug-likeness (QED) is 0.631. The van der Waals surface area contributed by atoms with Crippen molar-refractivity contribution in [2.24, 2.45) is 0 Å². The number of aliphatic hydroxyl groups is 1. The lowest BCUT2D eigenvalue weighted by atomic mass is 9.62. The van der Waals surface area contributed by atoms with Crippen molar-refractivity contribution in [1.29, 1.82) is 0 Å². The molecule has 3 aliphatic rings. The number of aromatic nitrogens is 1. The fourth-order valence-corrected chi connectivity index (χ4v) is 5.31. The second-order valence-electron chi connectivity index (χ2n) is 7.62. The molecule has 0 radical (unpaired) electrons. The van der Waals surface area contributed by atoms with E-state index in [9.17, 15) is 9.90 Å². The highest BCUT2D eigenvalue weighted by Crippen LogP contribution is 2.57. The minimum atomic E-state index is -1.45. The van der Waals surface area contributed by atoms with Crippen LogP contribution in [0.25, 0.3) is 10.9 Å². The number of esters is 1. The van der Waals surface area contributed by atoms with Gasteiger partial charge in [0.15, 0.2) is 5.41 Å². The van der Waals surface area contributed by atoms with Gasteiger partial charge in [0, 0.05) is 36.2 Å². The number of benzene rings is 1. The number of para-hydroxylation sites is 1. The number of piperidine rings is 1. The Morgan fingerprint density at radius 3 is 3.04 bits per heavy atom. The first-order chi connectivity index (χ1) is 12.5. The average Bonchev–Trinajstić information content (AvgIpc) is 3.13. The molecule has 0 saturated carbocycles. The van der Waals surface area contributed by atoms with E-state index in [0.29, 0.717) is 25.2 Å². The molecule has 26 heavy (non-hydrogen) atoms. The van der Waals surface area contributed by atoms with Crippen LogP contribution < -0.4 is 0 Å². The van der Waals surface area contributed by atoms with Crippen LogP contribution in [0.15, 0.2) is 36.9 Å². The second kappa shape index (κ2) is 4.97. The SMILES string of the molecule is C=CC12CCN3Cc4c([nH]c5ccccc45)C(C(=O)OC)(CO1)C2(O)C3.